The standard InChI is InChI=1S/C9H5BrF3O/c1-5(14)6-2-7(9(11,12)13)4-8(10)3-6/h2-4H,1H2. The molecule has 1 nitrogen and oxygen atoms in total. The highest BCUT2D eigenvalue weighted by Gasteiger charge is 2.31. The van der Waals surface area contributed by atoms with Gasteiger partial charge >= 0.3 is 6.18 Å². The molecular weight excluding hydrogens is 261 g/mol. The van der Waals surface area contributed by atoms with Crippen LogP contribution in [0, 0.1) is 6.92 Å². The topological polar surface area (TPSA) is 17.1 Å². The third kappa shape index (κ3) is 2.57. The van der Waals surface area contributed by atoms with E-state index < -0.39 is 17.5 Å². The van der Waals surface area contributed by atoms with Crippen molar-refractivity contribution >= 4 is 21.7 Å². The number of halogens is 4. The minimum atomic E-state index is -4.45. The van der Waals surface area contributed by atoms with Gasteiger partial charge in [-0.05, 0) is 18.2 Å². The summed E-state index contributed by atoms with van der Waals surface area (Å²) in [5.41, 5.74) is -0.925. The molecule has 1 aromatic carbocycles. The summed E-state index contributed by atoms with van der Waals surface area (Å²) in [6.07, 6.45) is -4.45. The van der Waals surface area contributed by atoms with Crippen molar-refractivity contribution < 1.29 is 18.0 Å². The molecule has 0 heterocycles. The van der Waals surface area contributed by atoms with Crippen LogP contribution >= 0.6 is 15.9 Å². The third-order valence-electron chi connectivity index (χ3n) is 1.55. The molecule has 0 aliphatic heterocycles. The maximum Gasteiger partial charge on any atom is 0.416 e. The van der Waals surface area contributed by atoms with Gasteiger partial charge in [-0.25, -0.2) is 0 Å². The van der Waals surface area contributed by atoms with Crippen molar-refractivity contribution in [3.8, 4) is 0 Å². The average molecular weight is 266 g/mol. The minimum absolute atomic E-state index is 0.0632. The van der Waals surface area contributed by atoms with E-state index in [2.05, 4.69) is 22.9 Å². The van der Waals surface area contributed by atoms with Crippen LogP contribution in [0.3, 0.4) is 0 Å². The molecule has 0 bridgehead atoms. The van der Waals surface area contributed by atoms with Crippen molar-refractivity contribution in [1.29, 1.82) is 0 Å². The van der Waals surface area contributed by atoms with Gasteiger partial charge in [0.15, 0.2) is 5.78 Å². The van der Waals surface area contributed by atoms with Gasteiger partial charge in [-0.1, -0.05) is 15.9 Å². The minimum Gasteiger partial charge on any atom is -0.294 e. The Balaban J connectivity index is 3.28. The smallest absolute Gasteiger partial charge is 0.294 e. The summed E-state index contributed by atoms with van der Waals surface area (Å²) >= 11 is 2.89. The van der Waals surface area contributed by atoms with Gasteiger partial charge in [0.25, 0.3) is 0 Å². The first-order valence-electron chi connectivity index (χ1n) is 3.55. The zero-order valence-electron chi connectivity index (χ0n) is 6.86. The SMILES string of the molecule is [CH2]C(=O)c1cc(Br)cc(C(F)(F)F)c1. The highest BCUT2D eigenvalue weighted by molar-refractivity contribution is 9.10. The number of alkyl halides is 3. The summed E-state index contributed by atoms with van der Waals surface area (Å²) in [5.74, 6) is -0.642. The van der Waals surface area contributed by atoms with E-state index in [0.717, 1.165) is 12.1 Å². The summed E-state index contributed by atoms with van der Waals surface area (Å²) < 4.78 is 37.0. The molecule has 0 unspecified atom stereocenters. The molecule has 0 fully saturated rings. The molecule has 1 aromatic rings. The molecule has 0 atom stereocenters. The Bertz CT molecular complexity index is 371. The molecule has 75 valence electrons. The molecule has 0 saturated heterocycles. The van der Waals surface area contributed by atoms with Crippen molar-refractivity contribution in [2.75, 3.05) is 0 Å². The second-order valence-electron chi connectivity index (χ2n) is 2.65. The molecule has 1 radical (unpaired) electrons. The van der Waals surface area contributed by atoms with Crippen LogP contribution in [-0.4, -0.2) is 5.78 Å². The van der Waals surface area contributed by atoms with Gasteiger partial charge in [0.05, 0.1) is 5.56 Å². The Morgan fingerprint density at radius 1 is 1.29 bits per heavy atom. The van der Waals surface area contributed by atoms with Gasteiger partial charge in [0, 0.05) is 17.0 Å². The summed E-state index contributed by atoms with van der Waals surface area (Å²) in [5, 5.41) is 0. The monoisotopic (exact) mass is 265 g/mol. The lowest BCUT2D eigenvalue weighted by atomic mass is 10.1. The number of carbonyl (C=O) groups excluding carboxylic acids is 1. The van der Waals surface area contributed by atoms with E-state index >= 15 is 0 Å². The van der Waals surface area contributed by atoms with Gasteiger partial charge in [-0.15, -0.1) is 0 Å². The molecule has 0 N–H and O–H groups in total. The van der Waals surface area contributed by atoms with E-state index in [1.165, 1.54) is 6.07 Å². The van der Waals surface area contributed by atoms with Gasteiger partial charge in [-0.3, -0.25) is 4.79 Å². The Hall–Kier alpha value is -0.840. The zero-order chi connectivity index (χ0) is 10.9. The van der Waals surface area contributed by atoms with E-state index in [1.807, 2.05) is 0 Å². The van der Waals surface area contributed by atoms with Crippen LogP contribution in [0.1, 0.15) is 15.9 Å². The van der Waals surface area contributed by atoms with Gasteiger partial charge < -0.3 is 0 Å². The number of benzene rings is 1. The highest BCUT2D eigenvalue weighted by atomic mass is 79.9. The lowest BCUT2D eigenvalue weighted by Gasteiger charge is -2.08. The zero-order valence-corrected chi connectivity index (χ0v) is 8.45. The largest absolute Gasteiger partial charge is 0.416 e. The van der Waals surface area contributed by atoms with Crippen molar-refractivity contribution in [2.45, 2.75) is 6.18 Å². The summed E-state index contributed by atoms with van der Waals surface area (Å²) in [4.78, 5) is 10.8. The molecule has 0 saturated carbocycles. The molecule has 1 rings (SSSR count). The van der Waals surface area contributed by atoms with E-state index in [0.29, 0.717) is 0 Å². The first-order valence-corrected chi connectivity index (χ1v) is 4.34. The molecule has 0 amide bonds. The molecule has 0 aliphatic carbocycles. The summed E-state index contributed by atoms with van der Waals surface area (Å²) in [6, 6.07) is 2.98. The Labute approximate surface area is 87.1 Å². The van der Waals surface area contributed by atoms with Crippen molar-refractivity contribution in [2.24, 2.45) is 0 Å². The second kappa shape index (κ2) is 3.73. The fourth-order valence-electron chi connectivity index (χ4n) is 0.914. The average Bonchev–Trinajstić information content (AvgIpc) is 2.01. The number of Topliss-reactive ketones (excluding diaryl/α,β-unsaturated/α-hetero) is 1. The van der Waals surface area contributed by atoms with Gasteiger partial charge in [0.1, 0.15) is 0 Å². The Kier molecular flexibility index (Phi) is 2.99. The maximum absolute atomic E-state index is 12.3. The molecule has 0 spiro atoms. The second-order valence-corrected chi connectivity index (χ2v) is 3.57. The number of carbonyl (C=O) groups is 1. The number of hydrogen-bond acceptors (Lipinski definition) is 1. The number of rotatable bonds is 1. The van der Waals surface area contributed by atoms with E-state index in [1.54, 1.807) is 0 Å². The van der Waals surface area contributed by atoms with Crippen LogP contribution in [0.5, 0.6) is 0 Å². The van der Waals surface area contributed by atoms with Crippen molar-refractivity contribution in [1.82, 2.24) is 0 Å². The lowest BCUT2D eigenvalue weighted by molar-refractivity contribution is -0.137. The molecular formula is C9H5BrF3O. The van der Waals surface area contributed by atoms with Crippen LogP contribution in [0.4, 0.5) is 13.2 Å². The molecule has 14 heavy (non-hydrogen) atoms. The first-order chi connectivity index (χ1) is 6.30. The number of hydrogen-bond donors (Lipinski definition) is 0. The first kappa shape index (κ1) is 11.2. The van der Waals surface area contributed by atoms with Crippen molar-refractivity contribution in [3.05, 3.63) is 40.7 Å². The quantitative estimate of drug-likeness (QED) is 0.711. The predicted octanol–water partition coefficient (Wildman–Crippen LogP) is 3.48. The summed E-state index contributed by atoms with van der Waals surface area (Å²) in [6.45, 7) is 3.05. The third-order valence-corrected chi connectivity index (χ3v) is 2.00. The van der Waals surface area contributed by atoms with Gasteiger partial charge in [0.2, 0.25) is 0 Å². The van der Waals surface area contributed by atoms with Crippen LogP contribution in [0.2, 0.25) is 0 Å². The van der Waals surface area contributed by atoms with Gasteiger partial charge in [-0.2, -0.15) is 13.2 Å². The molecule has 0 aliphatic rings. The van der Waals surface area contributed by atoms with E-state index in [4.69, 9.17) is 0 Å². The molecule has 5 heteroatoms. The number of ketones is 1. The highest BCUT2D eigenvalue weighted by Crippen LogP contribution is 2.31. The Morgan fingerprint density at radius 2 is 1.86 bits per heavy atom. The fourth-order valence-corrected chi connectivity index (χ4v) is 1.41. The predicted molar refractivity (Wildman–Crippen MR) is 48.8 cm³/mol. The normalized spacial score (nSPS) is 11.5. The fraction of sp³-hybridized carbons (Fsp3) is 0.111. The van der Waals surface area contributed by atoms with E-state index in [9.17, 15) is 18.0 Å². The Morgan fingerprint density at radius 3 is 2.29 bits per heavy atom. The maximum atomic E-state index is 12.3. The lowest BCUT2D eigenvalue weighted by Crippen LogP contribution is -2.06. The molecule has 0 aromatic heterocycles. The van der Waals surface area contributed by atoms with Crippen LogP contribution in [0.15, 0.2) is 22.7 Å². The van der Waals surface area contributed by atoms with Crippen LogP contribution in [0.25, 0.3) is 0 Å². The van der Waals surface area contributed by atoms with E-state index in [-0.39, 0.29) is 10.0 Å². The summed E-state index contributed by atoms with van der Waals surface area (Å²) in [7, 11) is 0. The van der Waals surface area contributed by atoms with Crippen molar-refractivity contribution in [3.63, 3.8) is 0 Å². The van der Waals surface area contributed by atoms with Crippen LogP contribution in [-0.2, 0) is 6.18 Å². The van der Waals surface area contributed by atoms with Crippen LogP contribution < -0.4 is 0 Å².